The zero-order chi connectivity index (χ0) is 17.0. The first-order chi connectivity index (χ1) is 11.8. The Morgan fingerprint density at radius 3 is 1.71 bits per heavy atom. The Morgan fingerprint density at radius 2 is 1.21 bits per heavy atom. The van der Waals surface area contributed by atoms with E-state index in [-0.39, 0.29) is 5.91 Å². The molecule has 0 radical (unpaired) electrons. The summed E-state index contributed by atoms with van der Waals surface area (Å²) in [5, 5.41) is 2.77. The van der Waals surface area contributed by atoms with E-state index in [1.54, 1.807) is 0 Å². The number of hydrogen-bond acceptors (Lipinski definition) is 2. The second-order valence-corrected chi connectivity index (χ2v) is 7.28. The zero-order valence-corrected chi connectivity index (χ0v) is 15.2. The number of piperidine rings is 1. The predicted octanol–water partition coefficient (Wildman–Crippen LogP) is 4.30. The minimum atomic E-state index is 0.0453. The SMILES string of the molecule is O=CNC(C(=O)N1CCCCC1)=C1CCCCCCCCCCC1. The molecule has 0 unspecified atom stereocenters. The second-order valence-electron chi connectivity index (χ2n) is 7.28. The average Bonchev–Trinajstić information content (AvgIpc) is 2.61. The molecule has 0 atom stereocenters. The Morgan fingerprint density at radius 1 is 0.750 bits per heavy atom. The third-order valence-electron chi connectivity index (χ3n) is 5.37. The van der Waals surface area contributed by atoms with E-state index < -0.39 is 0 Å². The molecule has 1 aliphatic heterocycles. The standard InChI is InChI=1S/C20H34N2O2/c23-17-21-19(20(24)22-15-11-8-12-16-22)18-13-9-6-4-2-1-3-5-7-10-14-18/h17H,1-16H2,(H,21,23). The molecule has 1 saturated heterocycles. The molecule has 136 valence electrons. The molecule has 1 N–H and O–H groups in total. The van der Waals surface area contributed by atoms with E-state index in [1.807, 2.05) is 4.90 Å². The molecule has 4 heteroatoms. The normalized spacial score (nSPS) is 21.3. The van der Waals surface area contributed by atoms with E-state index in [0.717, 1.165) is 51.6 Å². The Hall–Kier alpha value is -1.32. The summed E-state index contributed by atoms with van der Waals surface area (Å²) in [6, 6.07) is 0. The van der Waals surface area contributed by atoms with Gasteiger partial charge in [-0.2, -0.15) is 0 Å². The highest BCUT2D eigenvalue weighted by Crippen LogP contribution is 2.24. The third kappa shape index (κ3) is 6.29. The van der Waals surface area contributed by atoms with Crippen LogP contribution >= 0.6 is 0 Å². The van der Waals surface area contributed by atoms with Crippen molar-refractivity contribution in [2.24, 2.45) is 0 Å². The van der Waals surface area contributed by atoms with Crippen LogP contribution in [0.25, 0.3) is 0 Å². The summed E-state index contributed by atoms with van der Waals surface area (Å²) in [5.74, 6) is 0.0453. The number of rotatable bonds is 3. The van der Waals surface area contributed by atoms with Gasteiger partial charge in [0.15, 0.2) is 0 Å². The molecular formula is C20H34N2O2. The second kappa shape index (κ2) is 11.3. The Labute approximate surface area is 147 Å². The smallest absolute Gasteiger partial charge is 0.270 e. The van der Waals surface area contributed by atoms with E-state index in [2.05, 4.69) is 5.32 Å². The van der Waals surface area contributed by atoms with Gasteiger partial charge in [-0.3, -0.25) is 9.59 Å². The molecule has 1 aliphatic carbocycles. The molecule has 1 heterocycles. The molecule has 1 saturated carbocycles. The van der Waals surface area contributed by atoms with E-state index in [1.165, 1.54) is 56.9 Å². The first kappa shape index (κ1) is 19.0. The number of likely N-dealkylation sites (tertiary alicyclic amines) is 1. The molecule has 2 amide bonds. The average molecular weight is 335 g/mol. The van der Waals surface area contributed by atoms with Gasteiger partial charge < -0.3 is 10.2 Å². The van der Waals surface area contributed by atoms with Crippen LogP contribution in [0.1, 0.15) is 89.9 Å². The lowest BCUT2D eigenvalue weighted by molar-refractivity contribution is -0.129. The van der Waals surface area contributed by atoms with Crippen LogP contribution in [-0.4, -0.2) is 30.3 Å². The van der Waals surface area contributed by atoms with Crippen LogP contribution in [0, 0.1) is 0 Å². The van der Waals surface area contributed by atoms with Crippen molar-refractivity contribution in [2.75, 3.05) is 13.1 Å². The third-order valence-corrected chi connectivity index (χ3v) is 5.37. The number of nitrogens with zero attached hydrogens (tertiary/aromatic N) is 1. The van der Waals surface area contributed by atoms with E-state index in [4.69, 9.17) is 0 Å². The minimum Gasteiger partial charge on any atom is -0.337 e. The zero-order valence-electron chi connectivity index (χ0n) is 15.2. The molecule has 2 rings (SSSR count). The maximum atomic E-state index is 12.9. The maximum Gasteiger partial charge on any atom is 0.270 e. The Balaban J connectivity index is 2.09. The molecule has 2 fully saturated rings. The first-order valence-electron chi connectivity index (χ1n) is 10.0. The number of hydrogen-bond donors (Lipinski definition) is 1. The number of amides is 2. The highest BCUT2D eigenvalue weighted by Gasteiger charge is 2.23. The van der Waals surface area contributed by atoms with Crippen molar-refractivity contribution in [2.45, 2.75) is 89.9 Å². The topological polar surface area (TPSA) is 49.4 Å². The molecule has 2 aliphatic rings. The van der Waals surface area contributed by atoms with Gasteiger partial charge >= 0.3 is 0 Å². The van der Waals surface area contributed by atoms with Crippen LogP contribution in [0.2, 0.25) is 0 Å². The van der Waals surface area contributed by atoms with Gasteiger partial charge in [0.1, 0.15) is 5.70 Å². The summed E-state index contributed by atoms with van der Waals surface area (Å²) in [7, 11) is 0. The Kier molecular flexibility index (Phi) is 8.93. The highest BCUT2D eigenvalue weighted by molar-refractivity contribution is 5.95. The van der Waals surface area contributed by atoms with Crippen LogP contribution in [0.5, 0.6) is 0 Å². The molecule has 4 nitrogen and oxygen atoms in total. The van der Waals surface area contributed by atoms with Gasteiger partial charge in [0.05, 0.1) is 0 Å². The van der Waals surface area contributed by atoms with Crippen molar-refractivity contribution in [1.29, 1.82) is 0 Å². The monoisotopic (exact) mass is 334 g/mol. The van der Waals surface area contributed by atoms with Crippen LogP contribution in [0.3, 0.4) is 0 Å². The van der Waals surface area contributed by atoms with Gasteiger partial charge in [-0.15, -0.1) is 0 Å². The number of allylic oxidation sites excluding steroid dienone is 1. The van der Waals surface area contributed by atoms with Gasteiger partial charge in [0, 0.05) is 13.1 Å². The van der Waals surface area contributed by atoms with Gasteiger partial charge in [0.2, 0.25) is 6.41 Å². The maximum absolute atomic E-state index is 12.9. The van der Waals surface area contributed by atoms with Crippen molar-refractivity contribution in [1.82, 2.24) is 10.2 Å². The predicted molar refractivity (Wildman–Crippen MR) is 97.4 cm³/mol. The lowest BCUT2D eigenvalue weighted by atomic mass is 9.95. The molecule has 0 bridgehead atoms. The fourth-order valence-corrected chi connectivity index (χ4v) is 3.92. The summed E-state index contributed by atoms with van der Waals surface area (Å²) in [6.45, 7) is 1.66. The quantitative estimate of drug-likeness (QED) is 0.618. The number of carbonyl (C=O) groups is 2. The van der Waals surface area contributed by atoms with Crippen molar-refractivity contribution in [3.05, 3.63) is 11.3 Å². The molecular weight excluding hydrogens is 300 g/mol. The molecule has 0 spiro atoms. The number of carbonyl (C=O) groups excluding carboxylic acids is 2. The highest BCUT2D eigenvalue weighted by atomic mass is 16.2. The van der Waals surface area contributed by atoms with Crippen LogP contribution < -0.4 is 5.32 Å². The summed E-state index contributed by atoms with van der Waals surface area (Å²) in [4.78, 5) is 25.9. The lowest BCUT2D eigenvalue weighted by Crippen LogP contribution is -2.40. The molecule has 0 aromatic carbocycles. The lowest BCUT2D eigenvalue weighted by Gasteiger charge is -2.28. The summed E-state index contributed by atoms with van der Waals surface area (Å²) < 4.78 is 0. The minimum absolute atomic E-state index is 0.0453. The summed E-state index contributed by atoms with van der Waals surface area (Å²) in [6.07, 6.45) is 17.3. The van der Waals surface area contributed by atoms with Crippen LogP contribution in [0.15, 0.2) is 11.3 Å². The van der Waals surface area contributed by atoms with Gasteiger partial charge in [-0.1, -0.05) is 44.9 Å². The number of nitrogens with one attached hydrogen (secondary N) is 1. The van der Waals surface area contributed by atoms with Crippen molar-refractivity contribution in [3.8, 4) is 0 Å². The van der Waals surface area contributed by atoms with E-state index >= 15 is 0 Å². The van der Waals surface area contributed by atoms with Crippen molar-refractivity contribution < 1.29 is 9.59 Å². The Bertz CT molecular complexity index is 411. The van der Waals surface area contributed by atoms with E-state index in [0.29, 0.717) is 12.1 Å². The van der Waals surface area contributed by atoms with Gasteiger partial charge in [-0.25, -0.2) is 0 Å². The first-order valence-corrected chi connectivity index (χ1v) is 10.0. The van der Waals surface area contributed by atoms with Gasteiger partial charge in [-0.05, 0) is 50.5 Å². The van der Waals surface area contributed by atoms with Crippen LogP contribution in [0.4, 0.5) is 0 Å². The fourth-order valence-electron chi connectivity index (χ4n) is 3.92. The molecule has 0 aromatic rings. The molecule has 24 heavy (non-hydrogen) atoms. The van der Waals surface area contributed by atoms with E-state index in [9.17, 15) is 9.59 Å². The van der Waals surface area contributed by atoms with Crippen LogP contribution in [-0.2, 0) is 9.59 Å². The van der Waals surface area contributed by atoms with Gasteiger partial charge in [0.25, 0.3) is 5.91 Å². The van der Waals surface area contributed by atoms with Crippen molar-refractivity contribution >= 4 is 12.3 Å². The summed E-state index contributed by atoms with van der Waals surface area (Å²) in [5.41, 5.74) is 1.77. The van der Waals surface area contributed by atoms with Crippen molar-refractivity contribution in [3.63, 3.8) is 0 Å². The largest absolute Gasteiger partial charge is 0.337 e. The molecule has 0 aromatic heterocycles. The summed E-state index contributed by atoms with van der Waals surface area (Å²) >= 11 is 0. The fraction of sp³-hybridized carbons (Fsp3) is 0.800.